The molecule has 0 unspecified atom stereocenters. The lowest BCUT2D eigenvalue weighted by Gasteiger charge is -2.10. The van der Waals surface area contributed by atoms with Gasteiger partial charge < -0.3 is 5.32 Å². The van der Waals surface area contributed by atoms with Crippen molar-refractivity contribution in [3.8, 4) is 5.13 Å². The minimum atomic E-state index is -4.80. The van der Waals surface area contributed by atoms with Gasteiger partial charge in [0.15, 0.2) is 0 Å². The first-order valence-electron chi connectivity index (χ1n) is 8.36. The summed E-state index contributed by atoms with van der Waals surface area (Å²) in [5, 5.41) is 7.21. The second kappa shape index (κ2) is 7.28. The summed E-state index contributed by atoms with van der Waals surface area (Å²) in [4.78, 5) is 16.7. The Morgan fingerprint density at radius 3 is 2.72 bits per heavy atom. The van der Waals surface area contributed by atoms with Crippen molar-refractivity contribution in [3.05, 3.63) is 77.4 Å². The fourth-order valence-electron chi connectivity index (χ4n) is 2.69. The van der Waals surface area contributed by atoms with E-state index >= 15 is 0 Å². The third kappa shape index (κ3) is 3.97. The number of hydrogen-bond acceptors (Lipinski definition) is 4. The summed E-state index contributed by atoms with van der Waals surface area (Å²) in [5.74, 6) is -1.88. The van der Waals surface area contributed by atoms with Crippen LogP contribution in [0.15, 0.2) is 54.9 Å². The summed E-state index contributed by atoms with van der Waals surface area (Å²) in [6, 6.07) is 10.2. The Hall–Kier alpha value is -3.27. The number of para-hydroxylation sites is 1. The van der Waals surface area contributed by atoms with Gasteiger partial charge in [-0.3, -0.25) is 4.79 Å². The number of benzene rings is 2. The summed E-state index contributed by atoms with van der Waals surface area (Å²) in [5.41, 5.74) is -0.202. The highest BCUT2D eigenvalue weighted by molar-refractivity contribution is 7.20. The highest BCUT2D eigenvalue weighted by atomic mass is 32.1. The average Bonchev–Trinajstić information content (AvgIpc) is 3.33. The maximum atomic E-state index is 13.3. The first-order valence-corrected chi connectivity index (χ1v) is 9.17. The fourth-order valence-corrected chi connectivity index (χ4v) is 3.59. The van der Waals surface area contributed by atoms with E-state index in [1.165, 1.54) is 34.5 Å². The molecule has 1 amide bonds. The van der Waals surface area contributed by atoms with E-state index in [9.17, 15) is 22.4 Å². The van der Waals surface area contributed by atoms with Crippen molar-refractivity contribution < 1.29 is 22.4 Å². The van der Waals surface area contributed by atoms with Crippen LogP contribution in [0.1, 0.15) is 21.5 Å². The number of carbonyl (C=O) groups excluding carboxylic acids is 1. The van der Waals surface area contributed by atoms with Crippen LogP contribution in [0.2, 0.25) is 0 Å². The van der Waals surface area contributed by atoms with Crippen LogP contribution in [-0.4, -0.2) is 20.7 Å². The van der Waals surface area contributed by atoms with E-state index in [1.54, 1.807) is 0 Å². The first-order chi connectivity index (χ1) is 13.8. The van der Waals surface area contributed by atoms with E-state index in [1.807, 2.05) is 24.3 Å². The van der Waals surface area contributed by atoms with Crippen molar-refractivity contribution >= 4 is 27.5 Å². The monoisotopic (exact) mass is 420 g/mol. The van der Waals surface area contributed by atoms with E-state index in [4.69, 9.17) is 0 Å². The van der Waals surface area contributed by atoms with Crippen LogP contribution < -0.4 is 5.32 Å². The molecule has 0 radical (unpaired) electrons. The molecule has 148 valence electrons. The van der Waals surface area contributed by atoms with Crippen molar-refractivity contribution in [3.63, 3.8) is 0 Å². The van der Waals surface area contributed by atoms with Crippen LogP contribution in [-0.2, 0) is 12.7 Å². The van der Waals surface area contributed by atoms with Crippen LogP contribution >= 0.6 is 11.3 Å². The molecular formula is C19H12F4N4OS. The van der Waals surface area contributed by atoms with E-state index < -0.39 is 23.5 Å². The number of fused-ring (bicyclic) bond motifs is 1. The third-order valence-electron chi connectivity index (χ3n) is 4.11. The van der Waals surface area contributed by atoms with Gasteiger partial charge in [0.05, 0.1) is 27.5 Å². The zero-order chi connectivity index (χ0) is 20.6. The van der Waals surface area contributed by atoms with Crippen LogP contribution in [0.25, 0.3) is 15.3 Å². The largest absolute Gasteiger partial charge is 0.419 e. The zero-order valence-electron chi connectivity index (χ0n) is 14.6. The molecule has 4 aromatic rings. The number of thiazole rings is 1. The zero-order valence-corrected chi connectivity index (χ0v) is 15.4. The highest BCUT2D eigenvalue weighted by Gasteiger charge is 2.34. The van der Waals surface area contributed by atoms with E-state index in [-0.39, 0.29) is 17.7 Å². The smallest absolute Gasteiger partial charge is 0.348 e. The van der Waals surface area contributed by atoms with Crippen LogP contribution in [0.4, 0.5) is 17.6 Å². The maximum absolute atomic E-state index is 13.3. The molecule has 2 aromatic heterocycles. The van der Waals surface area contributed by atoms with Crippen molar-refractivity contribution in [1.82, 2.24) is 20.1 Å². The van der Waals surface area contributed by atoms with Gasteiger partial charge in [0.2, 0.25) is 5.13 Å². The molecule has 2 heterocycles. The van der Waals surface area contributed by atoms with Crippen LogP contribution in [0.3, 0.4) is 0 Å². The Bertz CT molecular complexity index is 1170. The Morgan fingerprint density at radius 1 is 1.17 bits per heavy atom. The second-order valence-corrected chi connectivity index (χ2v) is 7.14. The predicted octanol–water partition coefficient (Wildman–Crippen LogP) is 4.57. The van der Waals surface area contributed by atoms with Gasteiger partial charge in [-0.15, -0.1) is 0 Å². The quantitative estimate of drug-likeness (QED) is 0.492. The van der Waals surface area contributed by atoms with Gasteiger partial charge >= 0.3 is 6.18 Å². The SMILES string of the molecule is O=C(NCc1ccc(F)c(C(F)(F)F)c1)c1cnn(-c2nc3ccccc3s2)c1. The molecule has 0 spiro atoms. The Kier molecular flexibility index (Phi) is 4.79. The average molecular weight is 420 g/mol. The lowest BCUT2D eigenvalue weighted by atomic mass is 10.1. The number of carbonyl (C=O) groups is 1. The van der Waals surface area contributed by atoms with Gasteiger partial charge in [-0.25, -0.2) is 14.1 Å². The Balaban J connectivity index is 1.47. The summed E-state index contributed by atoms with van der Waals surface area (Å²) in [7, 11) is 0. The van der Waals surface area contributed by atoms with Crippen LogP contribution in [0.5, 0.6) is 0 Å². The van der Waals surface area contributed by atoms with Crippen molar-refractivity contribution in [2.75, 3.05) is 0 Å². The highest BCUT2D eigenvalue weighted by Crippen LogP contribution is 2.32. The third-order valence-corrected chi connectivity index (χ3v) is 5.14. The molecule has 0 aliphatic rings. The van der Waals surface area contributed by atoms with E-state index in [2.05, 4.69) is 15.4 Å². The Labute approximate surface area is 165 Å². The molecule has 2 aromatic carbocycles. The molecule has 0 aliphatic heterocycles. The number of hydrogen-bond donors (Lipinski definition) is 1. The lowest BCUT2D eigenvalue weighted by Crippen LogP contribution is -2.22. The number of nitrogens with one attached hydrogen (secondary N) is 1. The fraction of sp³-hybridized carbons (Fsp3) is 0.105. The molecule has 10 heteroatoms. The minimum absolute atomic E-state index is 0.130. The topological polar surface area (TPSA) is 59.8 Å². The number of nitrogens with zero attached hydrogens (tertiary/aromatic N) is 3. The molecule has 0 saturated carbocycles. The predicted molar refractivity (Wildman–Crippen MR) is 99.3 cm³/mol. The first kappa shape index (κ1) is 19.1. The van der Waals surface area contributed by atoms with Gasteiger partial charge in [-0.2, -0.15) is 18.3 Å². The molecule has 29 heavy (non-hydrogen) atoms. The second-order valence-electron chi connectivity index (χ2n) is 6.13. The van der Waals surface area contributed by atoms with Crippen LogP contribution in [0, 0.1) is 5.82 Å². The molecule has 0 atom stereocenters. The number of amides is 1. The number of rotatable bonds is 4. The number of aromatic nitrogens is 3. The van der Waals surface area contributed by atoms with Gasteiger partial charge in [0.25, 0.3) is 5.91 Å². The minimum Gasteiger partial charge on any atom is -0.348 e. The van der Waals surface area contributed by atoms with E-state index in [0.717, 1.165) is 16.3 Å². The molecule has 5 nitrogen and oxygen atoms in total. The van der Waals surface area contributed by atoms with E-state index in [0.29, 0.717) is 11.2 Å². The number of alkyl halides is 3. The van der Waals surface area contributed by atoms with Gasteiger partial charge in [-0.1, -0.05) is 29.5 Å². The Morgan fingerprint density at radius 2 is 1.97 bits per heavy atom. The molecule has 0 fully saturated rings. The summed E-state index contributed by atoms with van der Waals surface area (Å²) < 4.78 is 54.1. The molecule has 0 aliphatic carbocycles. The molecule has 0 saturated heterocycles. The van der Waals surface area contributed by atoms with Crippen molar-refractivity contribution in [1.29, 1.82) is 0 Å². The molecule has 0 bridgehead atoms. The van der Waals surface area contributed by atoms with Gasteiger partial charge in [-0.05, 0) is 29.8 Å². The molecule has 1 N–H and O–H groups in total. The summed E-state index contributed by atoms with van der Waals surface area (Å²) in [6.45, 7) is -0.186. The standard InChI is InChI=1S/C19H12F4N4OS/c20-14-6-5-11(7-13(14)19(21,22)23)8-24-17(28)12-9-25-27(10-12)18-26-15-3-1-2-4-16(15)29-18/h1-7,9-10H,8H2,(H,24,28). The molecule has 4 rings (SSSR count). The summed E-state index contributed by atoms with van der Waals surface area (Å²) >= 11 is 1.41. The maximum Gasteiger partial charge on any atom is 0.419 e. The van der Waals surface area contributed by atoms with Crippen molar-refractivity contribution in [2.45, 2.75) is 12.7 Å². The normalized spacial score (nSPS) is 11.7. The van der Waals surface area contributed by atoms with Gasteiger partial charge in [0, 0.05) is 12.7 Å². The summed E-state index contributed by atoms with van der Waals surface area (Å²) in [6.07, 6.45) is -1.98. The number of halogens is 4. The van der Waals surface area contributed by atoms with Gasteiger partial charge in [0.1, 0.15) is 5.82 Å². The molecular weight excluding hydrogens is 408 g/mol. The lowest BCUT2D eigenvalue weighted by molar-refractivity contribution is -0.140. The van der Waals surface area contributed by atoms with Crippen molar-refractivity contribution in [2.24, 2.45) is 0 Å².